The predicted octanol–water partition coefficient (Wildman–Crippen LogP) is 2.60. The molecule has 0 aromatic rings. The maximum absolute atomic E-state index is 10.8. The summed E-state index contributed by atoms with van der Waals surface area (Å²) in [6.07, 6.45) is 4.80. The number of halogens is 1. The van der Waals surface area contributed by atoms with Gasteiger partial charge in [-0.1, -0.05) is 19.4 Å². The van der Waals surface area contributed by atoms with Gasteiger partial charge < -0.3 is 10.0 Å². The van der Waals surface area contributed by atoms with Gasteiger partial charge in [0, 0.05) is 18.0 Å². The Morgan fingerprint density at radius 1 is 1.47 bits per heavy atom. The highest BCUT2D eigenvalue weighted by Crippen LogP contribution is 2.08. The van der Waals surface area contributed by atoms with Gasteiger partial charge in [-0.05, 0) is 27.4 Å². The monoisotopic (exact) mass is 235 g/mol. The summed E-state index contributed by atoms with van der Waals surface area (Å²) in [5.74, 6) is -0.796. The number of hydrogen-bond acceptors (Lipinski definition) is 2. The predicted molar refractivity (Wildman–Crippen MR) is 65.6 cm³/mol. The molecule has 0 saturated carbocycles. The smallest absolute Gasteiger partial charge is 0.331 e. The molecule has 0 aliphatic carbocycles. The van der Waals surface area contributed by atoms with Crippen molar-refractivity contribution < 1.29 is 9.90 Å². The van der Waals surface area contributed by atoms with Crippen molar-refractivity contribution in [3.05, 3.63) is 11.6 Å². The van der Waals surface area contributed by atoms with Crippen molar-refractivity contribution in [2.24, 2.45) is 0 Å². The molecule has 0 saturated heterocycles. The van der Waals surface area contributed by atoms with Crippen LogP contribution in [0.5, 0.6) is 0 Å². The minimum atomic E-state index is -0.796. The van der Waals surface area contributed by atoms with Crippen molar-refractivity contribution >= 4 is 17.6 Å². The second-order valence-electron chi connectivity index (χ2n) is 3.45. The molecule has 1 N–H and O–H groups in total. The number of nitrogens with zero attached hydrogens (tertiary/aromatic N) is 1. The number of carboxylic acid groups (broad SMARTS) is 1. The van der Waals surface area contributed by atoms with Crippen LogP contribution in [0.25, 0.3) is 0 Å². The Morgan fingerprint density at radius 2 is 1.93 bits per heavy atom. The maximum Gasteiger partial charge on any atom is 0.331 e. The van der Waals surface area contributed by atoms with Crippen molar-refractivity contribution in [3.63, 3.8) is 0 Å². The molecular formula is C11H22ClNO2. The molecule has 0 aliphatic rings. The van der Waals surface area contributed by atoms with Crippen LogP contribution in [-0.2, 0) is 4.79 Å². The zero-order valence-electron chi connectivity index (χ0n) is 10.2. The van der Waals surface area contributed by atoms with Gasteiger partial charge in [-0.25, -0.2) is 4.79 Å². The molecule has 0 heterocycles. The second kappa shape index (κ2) is 9.99. The fourth-order valence-corrected chi connectivity index (χ4v) is 0.971. The average molecular weight is 236 g/mol. The lowest BCUT2D eigenvalue weighted by Gasteiger charge is -2.16. The van der Waals surface area contributed by atoms with Gasteiger partial charge in [0.05, 0.1) is 0 Å². The highest BCUT2D eigenvalue weighted by molar-refractivity contribution is 6.15. The van der Waals surface area contributed by atoms with Gasteiger partial charge in [-0.2, -0.15) is 0 Å². The SMILES string of the molecule is CCCC(=CC(C)N(C)C)C(=O)O.CCl. The van der Waals surface area contributed by atoms with Crippen LogP contribution < -0.4 is 0 Å². The van der Waals surface area contributed by atoms with E-state index in [1.54, 1.807) is 0 Å². The van der Waals surface area contributed by atoms with Crippen LogP contribution in [0.1, 0.15) is 26.7 Å². The summed E-state index contributed by atoms with van der Waals surface area (Å²) in [5.41, 5.74) is 0.517. The number of hydrogen-bond donors (Lipinski definition) is 1. The van der Waals surface area contributed by atoms with E-state index < -0.39 is 5.97 Å². The first-order chi connectivity index (χ1) is 6.99. The molecule has 0 aliphatic heterocycles. The highest BCUT2D eigenvalue weighted by Gasteiger charge is 2.09. The standard InChI is InChI=1S/C10H19NO2.CH3Cl/c1-5-6-9(10(12)13)7-8(2)11(3)4;1-2/h7-8H,5-6H2,1-4H3,(H,12,13);1H3. The van der Waals surface area contributed by atoms with Gasteiger partial charge in [0.15, 0.2) is 0 Å². The first kappa shape index (κ1) is 16.9. The van der Waals surface area contributed by atoms with Crippen LogP contribution >= 0.6 is 11.6 Å². The molecule has 0 spiro atoms. The molecule has 90 valence electrons. The number of likely N-dealkylation sites (N-methyl/N-ethyl adjacent to an activating group) is 1. The van der Waals surface area contributed by atoms with Crippen LogP contribution in [0.3, 0.4) is 0 Å². The zero-order chi connectivity index (χ0) is 12.4. The minimum Gasteiger partial charge on any atom is -0.478 e. The number of alkyl halides is 1. The van der Waals surface area contributed by atoms with Crippen LogP contribution in [0.4, 0.5) is 0 Å². The topological polar surface area (TPSA) is 40.5 Å². The molecule has 0 amide bonds. The molecular weight excluding hydrogens is 214 g/mol. The van der Waals surface area contributed by atoms with Gasteiger partial charge in [-0.3, -0.25) is 0 Å². The molecule has 0 aromatic heterocycles. The third-order valence-electron chi connectivity index (χ3n) is 2.05. The van der Waals surface area contributed by atoms with Crippen molar-refractivity contribution in [3.8, 4) is 0 Å². The van der Waals surface area contributed by atoms with Crippen LogP contribution in [0.15, 0.2) is 11.6 Å². The summed E-state index contributed by atoms with van der Waals surface area (Å²) in [4.78, 5) is 12.7. The molecule has 3 nitrogen and oxygen atoms in total. The van der Waals surface area contributed by atoms with E-state index in [0.29, 0.717) is 12.0 Å². The van der Waals surface area contributed by atoms with E-state index in [1.165, 1.54) is 6.38 Å². The molecule has 1 unspecified atom stereocenters. The maximum atomic E-state index is 10.8. The van der Waals surface area contributed by atoms with Gasteiger partial charge in [0.25, 0.3) is 0 Å². The highest BCUT2D eigenvalue weighted by atomic mass is 35.5. The summed E-state index contributed by atoms with van der Waals surface area (Å²) < 4.78 is 0. The normalized spacial score (nSPS) is 13.1. The van der Waals surface area contributed by atoms with Gasteiger partial charge in [-0.15, -0.1) is 11.6 Å². The quantitative estimate of drug-likeness (QED) is 0.588. The molecule has 4 heteroatoms. The third kappa shape index (κ3) is 8.45. The largest absolute Gasteiger partial charge is 0.478 e. The van der Waals surface area contributed by atoms with Crippen LogP contribution in [0, 0.1) is 0 Å². The zero-order valence-corrected chi connectivity index (χ0v) is 11.0. The van der Waals surface area contributed by atoms with Gasteiger partial charge >= 0.3 is 5.97 Å². The number of carbonyl (C=O) groups is 1. The van der Waals surface area contributed by atoms with Crippen molar-refractivity contribution in [1.82, 2.24) is 4.90 Å². The summed E-state index contributed by atoms with van der Waals surface area (Å²) in [7, 11) is 3.87. The lowest BCUT2D eigenvalue weighted by Crippen LogP contribution is -2.23. The van der Waals surface area contributed by atoms with E-state index in [1.807, 2.05) is 38.9 Å². The second-order valence-corrected chi connectivity index (χ2v) is 3.45. The molecule has 0 fully saturated rings. The van der Waals surface area contributed by atoms with Crippen molar-refractivity contribution in [2.75, 3.05) is 20.5 Å². The summed E-state index contributed by atoms with van der Waals surface area (Å²) in [6, 6.07) is 0.178. The fraction of sp³-hybridized carbons (Fsp3) is 0.727. The number of aliphatic carboxylic acids is 1. The summed E-state index contributed by atoms with van der Waals surface area (Å²) >= 11 is 4.64. The molecule has 15 heavy (non-hydrogen) atoms. The number of rotatable bonds is 5. The Bertz CT molecular complexity index is 203. The lowest BCUT2D eigenvalue weighted by atomic mass is 10.1. The van der Waals surface area contributed by atoms with Crippen molar-refractivity contribution in [2.45, 2.75) is 32.7 Å². The molecule has 0 aromatic carbocycles. The van der Waals surface area contributed by atoms with Gasteiger partial charge in [0.1, 0.15) is 0 Å². The molecule has 0 bridgehead atoms. The van der Waals surface area contributed by atoms with Gasteiger partial charge in [0.2, 0.25) is 0 Å². The van der Waals surface area contributed by atoms with E-state index >= 15 is 0 Å². The Kier molecular flexibility index (Phi) is 11.2. The number of carboxylic acids is 1. The fourth-order valence-electron chi connectivity index (χ4n) is 0.971. The third-order valence-corrected chi connectivity index (χ3v) is 2.05. The summed E-state index contributed by atoms with van der Waals surface area (Å²) in [5, 5.41) is 8.85. The Morgan fingerprint density at radius 3 is 2.20 bits per heavy atom. The van der Waals surface area contributed by atoms with E-state index in [4.69, 9.17) is 5.11 Å². The summed E-state index contributed by atoms with van der Waals surface area (Å²) in [6.45, 7) is 3.97. The van der Waals surface area contributed by atoms with E-state index in [-0.39, 0.29) is 6.04 Å². The Labute approximate surface area is 97.7 Å². The van der Waals surface area contributed by atoms with Crippen LogP contribution in [0.2, 0.25) is 0 Å². The van der Waals surface area contributed by atoms with E-state index in [2.05, 4.69) is 11.6 Å². The lowest BCUT2D eigenvalue weighted by molar-refractivity contribution is -0.132. The average Bonchev–Trinajstić information content (AvgIpc) is 2.19. The Balaban J connectivity index is 0. The molecule has 0 radical (unpaired) electrons. The molecule has 0 rings (SSSR count). The van der Waals surface area contributed by atoms with E-state index in [0.717, 1.165) is 6.42 Å². The van der Waals surface area contributed by atoms with Crippen molar-refractivity contribution in [1.29, 1.82) is 0 Å². The van der Waals surface area contributed by atoms with Crippen LogP contribution in [-0.4, -0.2) is 42.5 Å². The minimum absolute atomic E-state index is 0.178. The first-order valence-electron chi connectivity index (χ1n) is 4.97. The van der Waals surface area contributed by atoms with E-state index in [9.17, 15) is 4.79 Å². The first-order valence-corrected chi connectivity index (χ1v) is 5.72. The Hall–Kier alpha value is -0.540. The molecule has 1 atom stereocenters.